The second-order valence-electron chi connectivity index (χ2n) is 11.3. The first kappa shape index (κ1) is 22.5. The molecule has 4 aliphatic rings. The molecule has 3 aliphatic carbocycles. The number of fused-ring (bicyclic) bond motifs is 3. The van der Waals surface area contributed by atoms with Crippen LogP contribution in [0.3, 0.4) is 0 Å². The van der Waals surface area contributed by atoms with Crippen molar-refractivity contribution in [3.05, 3.63) is 65.4 Å². The van der Waals surface area contributed by atoms with E-state index in [2.05, 4.69) is 24.9 Å². The summed E-state index contributed by atoms with van der Waals surface area (Å²) in [5.41, 5.74) is 5.37. The molecule has 3 fully saturated rings. The largest absolute Gasteiger partial charge is 0.347 e. The first-order chi connectivity index (χ1) is 17.5. The molecule has 0 radical (unpaired) electrons. The summed E-state index contributed by atoms with van der Waals surface area (Å²) in [4.78, 5) is 14.9. The molecule has 3 atom stereocenters. The molecule has 3 heterocycles. The highest BCUT2D eigenvalue weighted by Crippen LogP contribution is 2.57. The van der Waals surface area contributed by atoms with Crippen LogP contribution in [0.4, 0.5) is 4.39 Å². The monoisotopic (exact) mass is 485 g/mol. The Morgan fingerprint density at radius 1 is 1.00 bits per heavy atom. The number of hydrogen-bond acceptors (Lipinski definition) is 5. The highest BCUT2D eigenvalue weighted by molar-refractivity contribution is 5.69. The third kappa shape index (κ3) is 3.37. The predicted octanol–water partition coefficient (Wildman–Crippen LogP) is 6.22. The summed E-state index contributed by atoms with van der Waals surface area (Å²) in [7, 11) is 0. The smallest absolute Gasteiger partial charge is 0.171 e. The molecule has 1 saturated heterocycles. The van der Waals surface area contributed by atoms with Crippen LogP contribution in [0.2, 0.25) is 0 Å². The zero-order chi connectivity index (χ0) is 24.5. The molecule has 7 rings (SSSR count). The minimum atomic E-state index is -0.476. The van der Waals surface area contributed by atoms with Gasteiger partial charge in [0.25, 0.3) is 0 Å². The number of rotatable bonds is 3. The van der Waals surface area contributed by atoms with Gasteiger partial charge in [-0.1, -0.05) is 26.0 Å². The Hall–Kier alpha value is -2.70. The van der Waals surface area contributed by atoms with E-state index in [1.54, 1.807) is 6.07 Å². The molecule has 2 saturated carbocycles. The van der Waals surface area contributed by atoms with Crippen LogP contribution in [0.25, 0.3) is 22.6 Å². The third-order valence-electron chi connectivity index (χ3n) is 9.30. The summed E-state index contributed by atoms with van der Waals surface area (Å²) in [6.07, 6.45) is 7.81. The van der Waals surface area contributed by atoms with E-state index in [1.807, 2.05) is 24.4 Å². The van der Waals surface area contributed by atoms with Gasteiger partial charge in [0.15, 0.2) is 11.6 Å². The number of halogens is 1. The molecule has 0 bridgehead atoms. The fourth-order valence-electron chi connectivity index (χ4n) is 7.13. The minimum Gasteiger partial charge on any atom is -0.347 e. The molecule has 6 heteroatoms. The van der Waals surface area contributed by atoms with Crippen molar-refractivity contribution in [1.29, 1.82) is 0 Å². The third-order valence-corrected chi connectivity index (χ3v) is 9.30. The molecular weight excluding hydrogens is 453 g/mol. The molecule has 0 amide bonds. The fourth-order valence-corrected chi connectivity index (χ4v) is 7.13. The van der Waals surface area contributed by atoms with Crippen molar-refractivity contribution in [3.8, 4) is 22.6 Å². The van der Waals surface area contributed by atoms with Crippen molar-refractivity contribution in [2.24, 2.45) is 11.8 Å². The first-order valence-electron chi connectivity index (χ1n) is 13.4. The molecule has 36 heavy (non-hydrogen) atoms. The van der Waals surface area contributed by atoms with Gasteiger partial charge < -0.3 is 9.47 Å². The van der Waals surface area contributed by atoms with E-state index in [9.17, 15) is 0 Å². The number of benzene rings is 1. The van der Waals surface area contributed by atoms with E-state index in [1.165, 1.54) is 18.9 Å². The molecule has 1 aromatic carbocycles. The van der Waals surface area contributed by atoms with Crippen LogP contribution in [0.15, 0.2) is 42.6 Å². The topological polar surface area (TPSA) is 57.1 Å². The molecule has 0 unspecified atom stereocenters. The van der Waals surface area contributed by atoms with E-state index in [4.69, 9.17) is 19.4 Å². The van der Waals surface area contributed by atoms with E-state index < -0.39 is 5.79 Å². The average Bonchev–Trinajstić information content (AvgIpc) is 3.65. The Morgan fingerprint density at radius 3 is 2.58 bits per heavy atom. The number of ether oxygens (including phenoxy) is 2. The summed E-state index contributed by atoms with van der Waals surface area (Å²) < 4.78 is 27.6. The zero-order valence-electron chi connectivity index (χ0n) is 21.0. The van der Waals surface area contributed by atoms with Crippen molar-refractivity contribution in [2.75, 3.05) is 13.2 Å². The minimum absolute atomic E-state index is 0.155. The van der Waals surface area contributed by atoms with Gasteiger partial charge in [-0.05, 0) is 62.3 Å². The molecule has 186 valence electrons. The van der Waals surface area contributed by atoms with E-state index >= 15 is 4.39 Å². The van der Waals surface area contributed by atoms with Crippen LogP contribution in [-0.2, 0) is 21.3 Å². The molecular formula is C30H32FN3O2. The number of hydrogen-bond donors (Lipinski definition) is 0. The first-order valence-corrected chi connectivity index (χ1v) is 13.4. The van der Waals surface area contributed by atoms with Crippen LogP contribution >= 0.6 is 0 Å². The lowest BCUT2D eigenvalue weighted by Crippen LogP contribution is -2.55. The van der Waals surface area contributed by atoms with Crippen molar-refractivity contribution in [1.82, 2.24) is 15.0 Å². The van der Waals surface area contributed by atoms with E-state index in [0.29, 0.717) is 36.4 Å². The number of nitrogens with zero attached hydrogens (tertiary/aromatic N) is 3. The normalized spacial score (nSPS) is 28.6. The van der Waals surface area contributed by atoms with Crippen molar-refractivity contribution < 1.29 is 13.9 Å². The van der Waals surface area contributed by atoms with Gasteiger partial charge in [0.05, 0.1) is 24.6 Å². The standard InChI is InChI=1S/C30H32FN3O2/c1-18-23-10-9-22-26(21-5-3-4-6-24(21)31)33-28(20-11-14-32-25(17-20)19-7-8-19)34-27(22)29(23,2)12-13-30(18)35-15-16-36-30/h3-6,11,14,17-19,23H,7-10,12-13,15-16H2,1-2H3/t18-,23-,29-/m1/s1. The van der Waals surface area contributed by atoms with E-state index in [-0.39, 0.29) is 17.2 Å². The SMILES string of the molecule is C[C@@H]1[C@H]2CCc3c(-c4ccccc4F)nc(-c4ccnc(C5CC5)c4)nc3[C@]2(C)CCC12OCCO2. The van der Waals surface area contributed by atoms with Gasteiger partial charge in [0.1, 0.15) is 5.82 Å². The Labute approximate surface area is 211 Å². The highest BCUT2D eigenvalue weighted by Gasteiger charge is 2.57. The Kier molecular flexibility index (Phi) is 5.09. The maximum absolute atomic E-state index is 15.1. The lowest BCUT2D eigenvalue weighted by molar-refractivity contribution is -0.234. The summed E-state index contributed by atoms with van der Waals surface area (Å²) in [6, 6.07) is 11.1. The second-order valence-corrected chi connectivity index (χ2v) is 11.3. The second kappa shape index (κ2) is 8.15. The Morgan fingerprint density at radius 2 is 1.81 bits per heavy atom. The Bertz CT molecular complexity index is 1330. The molecule has 3 aromatic rings. The van der Waals surface area contributed by atoms with Crippen LogP contribution in [0.5, 0.6) is 0 Å². The lowest BCUT2D eigenvalue weighted by Gasteiger charge is -2.54. The van der Waals surface area contributed by atoms with Gasteiger partial charge >= 0.3 is 0 Å². The van der Waals surface area contributed by atoms with Gasteiger partial charge in [-0.15, -0.1) is 0 Å². The van der Waals surface area contributed by atoms with Crippen LogP contribution in [0.1, 0.15) is 68.8 Å². The van der Waals surface area contributed by atoms with Gasteiger partial charge in [-0.25, -0.2) is 14.4 Å². The Balaban J connectivity index is 1.41. The van der Waals surface area contributed by atoms with Crippen LogP contribution < -0.4 is 0 Å². The summed E-state index contributed by atoms with van der Waals surface area (Å²) in [5.74, 6) is 1.11. The zero-order valence-corrected chi connectivity index (χ0v) is 21.0. The van der Waals surface area contributed by atoms with Crippen LogP contribution in [0, 0.1) is 17.7 Å². The summed E-state index contributed by atoms with van der Waals surface area (Å²) in [5, 5.41) is 0. The molecule has 0 N–H and O–H groups in total. The van der Waals surface area contributed by atoms with Crippen molar-refractivity contribution in [3.63, 3.8) is 0 Å². The maximum Gasteiger partial charge on any atom is 0.171 e. The van der Waals surface area contributed by atoms with Crippen molar-refractivity contribution >= 4 is 0 Å². The summed E-state index contributed by atoms with van der Waals surface area (Å²) in [6.45, 7) is 5.96. The molecule has 5 nitrogen and oxygen atoms in total. The van der Waals surface area contributed by atoms with Gasteiger partial charge in [0, 0.05) is 52.3 Å². The molecule has 2 aromatic heterocycles. The quantitative estimate of drug-likeness (QED) is 0.441. The highest BCUT2D eigenvalue weighted by atomic mass is 19.1. The van der Waals surface area contributed by atoms with Gasteiger partial charge in [0.2, 0.25) is 0 Å². The number of aromatic nitrogens is 3. The molecule has 1 spiro atoms. The van der Waals surface area contributed by atoms with Gasteiger partial charge in [-0.2, -0.15) is 0 Å². The van der Waals surface area contributed by atoms with Gasteiger partial charge in [-0.3, -0.25) is 4.98 Å². The van der Waals surface area contributed by atoms with E-state index in [0.717, 1.165) is 53.9 Å². The number of pyridine rings is 1. The predicted molar refractivity (Wildman–Crippen MR) is 135 cm³/mol. The lowest BCUT2D eigenvalue weighted by atomic mass is 9.54. The average molecular weight is 486 g/mol. The van der Waals surface area contributed by atoms with Crippen molar-refractivity contribution in [2.45, 2.75) is 69.5 Å². The fraction of sp³-hybridized carbons (Fsp3) is 0.500. The summed E-state index contributed by atoms with van der Waals surface area (Å²) >= 11 is 0. The molecule has 1 aliphatic heterocycles. The maximum atomic E-state index is 15.1. The van der Waals surface area contributed by atoms with Crippen LogP contribution in [-0.4, -0.2) is 34.0 Å².